The van der Waals surface area contributed by atoms with Crippen LogP contribution < -0.4 is 0 Å². The fraction of sp³-hybridized carbons (Fsp3) is 1.00. The second-order valence-corrected chi connectivity index (χ2v) is 5.24. The Morgan fingerprint density at radius 3 is 1.68 bits per heavy atom. The molecule has 0 radical (unpaired) electrons. The summed E-state index contributed by atoms with van der Waals surface area (Å²) in [6.07, 6.45) is -10.8. The number of halogens is 6. The Morgan fingerprint density at radius 1 is 0.947 bits per heavy atom. The fourth-order valence-electron chi connectivity index (χ4n) is 2.78. The Hall–Kier alpha value is -0.460. The number of aliphatic hydroxyl groups excluding tert-OH is 1. The largest absolute Gasteiger partial charge is 0.403 e. The van der Waals surface area contributed by atoms with E-state index in [-0.39, 0.29) is 12.8 Å². The SMILES string of the molecule is CCC1CCC(C(O)C(C(F)(F)F)C(F)(F)F)CC1. The molecule has 0 heterocycles. The van der Waals surface area contributed by atoms with Crippen LogP contribution in [0.3, 0.4) is 0 Å². The van der Waals surface area contributed by atoms with E-state index < -0.39 is 30.3 Å². The third-order valence-electron chi connectivity index (χ3n) is 4.00. The van der Waals surface area contributed by atoms with Gasteiger partial charge in [-0.25, -0.2) is 0 Å². The first-order chi connectivity index (χ1) is 8.57. The van der Waals surface area contributed by atoms with Crippen LogP contribution in [-0.2, 0) is 0 Å². The maximum Gasteiger partial charge on any atom is 0.403 e. The molecule has 0 aromatic heterocycles. The molecular weight excluding hydrogens is 274 g/mol. The van der Waals surface area contributed by atoms with E-state index in [1.165, 1.54) is 0 Å². The Kier molecular flexibility index (Phi) is 5.15. The number of hydrogen-bond donors (Lipinski definition) is 1. The third-order valence-corrected chi connectivity index (χ3v) is 4.00. The molecule has 0 aromatic rings. The van der Waals surface area contributed by atoms with Crippen molar-refractivity contribution in [3.8, 4) is 0 Å². The lowest BCUT2D eigenvalue weighted by atomic mass is 9.75. The minimum atomic E-state index is -5.46. The molecule has 114 valence electrons. The first-order valence-electron chi connectivity index (χ1n) is 6.38. The summed E-state index contributed by atoms with van der Waals surface area (Å²) in [5.41, 5.74) is 0. The number of aliphatic hydroxyl groups is 1. The molecule has 1 aliphatic carbocycles. The maximum absolute atomic E-state index is 12.5. The summed E-state index contributed by atoms with van der Waals surface area (Å²) in [5.74, 6) is -4.21. The number of rotatable bonds is 3. The van der Waals surface area contributed by atoms with Gasteiger partial charge in [-0.1, -0.05) is 26.2 Å². The van der Waals surface area contributed by atoms with Crippen LogP contribution in [0.2, 0.25) is 0 Å². The van der Waals surface area contributed by atoms with Crippen LogP contribution in [0.25, 0.3) is 0 Å². The Morgan fingerprint density at radius 2 is 1.37 bits per heavy atom. The molecule has 0 aromatic carbocycles. The molecule has 0 spiro atoms. The highest BCUT2D eigenvalue weighted by Crippen LogP contribution is 2.45. The predicted molar refractivity (Wildman–Crippen MR) is 57.3 cm³/mol. The molecule has 0 bridgehead atoms. The molecule has 0 saturated heterocycles. The lowest BCUT2D eigenvalue weighted by Gasteiger charge is -2.36. The summed E-state index contributed by atoms with van der Waals surface area (Å²) in [7, 11) is 0. The van der Waals surface area contributed by atoms with Gasteiger partial charge in [-0.3, -0.25) is 0 Å². The highest BCUT2D eigenvalue weighted by Gasteiger charge is 2.61. The molecule has 1 N–H and O–H groups in total. The predicted octanol–water partition coefficient (Wildman–Crippen LogP) is 4.30. The Bertz CT molecular complexity index is 263. The topological polar surface area (TPSA) is 20.2 Å². The minimum Gasteiger partial charge on any atom is -0.392 e. The van der Waals surface area contributed by atoms with E-state index in [4.69, 9.17) is 0 Å². The van der Waals surface area contributed by atoms with Gasteiger partial charge in [0.05, 0.1) is 6.10 Å². The van der Waals surface area contributed by atoms with E-state index in [1.807, 2.05) is 6.92 Å². The Balaban J connectivity index is 2.76. The maximum atomic E-state index is 12.5. The normalized spacial score (nSPS) is 27.6. The van der Waals surface area contributed by atoms with Gasteiger partial charge >= 0.3 is 12.4 Å². The van der Waals surface area contributed by atoms with Gasteiger partial charge in [-0.15, -0.1) is 0 Å². The van der Waals surface area contributed by atoms with Crippen molar-refractivity contribution in [2.45, 2.75) is 57.5 Å². The molecule has 7 heteroatoms. The van der Waals surface area contributed by atoms with Gasteiger partial charge in [0.1, 0.15) is 0 Å². The molecule has 19 heavy (non-hydrogen) atoms. The summed E-state index contributed by atoms with van der Waals surface area (Å²) in [5, 5.41) is 9.52. The average molecular weight is 292 g/mol. The van der Waals surface area contributed by atoms with Crippen LogP contribution in [0.15, 0.2) is 0 Å². The van der Waals surface area contributed by atoms with E-state index in [9.17, 15) is 31.4 Å². The smallest absolute Gasteiger partial charge is 0.392 e. The molecule has 1 saturated carbocycles. The van der Waals surface area contributed by atoms with E-state index in [0.29, 0.717) is 18.8 Å². The fourth-order valence-corrected chi connectivity index (χ4v) is 2.78. The van der Waals surface area contributed by atoms with Gasteiger partial charge in [0.25, 0.3) is 0 Å². The van der Waals surface area contributed by atoms with Crippen molar-refractivity contribution in [3.05, 3.63) is 0 Å². The highest BCUT2D eigenvalue weighted by molar-refractivity contribution is 4.88. The van der Waals surface area contributed by atoms with E-state index in [0.717, 1.165) is 6.42 Å². The van der Waals surface area contributed by atoms with Gasteiger partial charge in [-0.05, 0) is 24.7 Å². The van der Waals surface area contributed by atoms with Crippen LogP contribution in [0.5, 0.6) is 0 Å². The summed E-state index contributed by atoms with van der Waals surface area (Å²) in [6, 6.07) is 0. The lowest BCUT2D eigenvalue weighted by molar-refractivity contribution is -0.312. The molecule has 1 rings (SSSR count). The monoisotopic (exact) mass is 292 g/mol. The standard InChI is InChI=1S/C12H18F6O/c1-2-7-3-5-8(6-4-7)9(19)10(11(13,14)15)12(16,17)18/h7-10,19H,2-6H2,1H3. The van der Waals surface area contributed by atoms with Gasteiger partial charge in [0.2, 0.25) is 0 Å². The molecule has 1 atom stereocenters. The van der Waals surface area contributed by atoms with Gasteiger partial charge in [0, 0.05) is 0 Å². The van der Waals surface area contributed by atoms with Crippen molar-refractivity contribution < 1.29 is 31.4 Å². The van der Waals surface area contributed by atoms with Crippen molar-refractivity contribution in [3.63, 3.8) is 0 Å². The zero-order valence-corrected chi connectivity index (χ0v) is 10.6. The van der Waals surface area contributed by atoms with E-state index >= 15 is 0 Å². The summed E-state index contributed by atoms with van der Waals surface area (Å²) >= 11 is 0. The molecule has 1 unspecified atom stereocenters. The van der Waals surface area contributed by atoms with Gasteiger partial charge in [-0.2, -0.15) is 26.3 Å². The highest BCUT2D eigenvalue weighted by atomic mass is 19.4. The minimum absolute atomic E-state index is 0.225. The zero-order chi connectivity index (χ0) is 14.8. The second kappa shape index (κ2) is 5.89. The van der Waals surface area contributed by atoms with E-state index in [1.54, 1.807) is 0 Å². The Labute approximate surface area is 108 Å². The number of hydrogen-bond acceptors (Lipinski definition) is 1. The zero-order valence-electron chi connectivity index (χ0n) is 10.6. The van der Waals surface area contributed by atoms with Crippen LogP contribution in [-0.4, -0.2) is 23.6 Å². The van der Waals surface area contributed by atoms with Crippen molar-refractivity contribution in [2.24, 2.45) is 17.8 Å². The van der Waals surface area contributed by atoms with Gasteiger partial charge in [0.15, 0.2) is 5.92 Å². The van der Waals surface area contributed by atoms with Crippen LogP contribution >= 0.6 is 0 Å². The van der Waals surface area contributed by atoms with Crippen molar-refractivity contribution >= 4 is 0 Å². The van der Waals surface area contributed by atoms with Crippen LogP contribution in [0.1, 0.15) is 39.0 Å². The quantitative estimate of drug-likeness (QED) is 0.769. The molecule has 1 aliphatic rings. The first kappa shape index (κ1) is 16.6. The molecular formula is C12H18F6O. The lowest BCUT2D eigenvalue weighted by Crippen LogP contribution is -2.48. The third kappa shape index (κ3) is 4.26. The van der Waals surface area contributed by atoms with Crippen molar-refractivity contribution in [1.82, 2.24) is 0 Å². The second-order valence-electron chi connectivity index (χ2n) is 5.24. The van der Waals surface area contributed by atoms with Crippen molar-refractivity contribution in [1.29, 1.82) is 0 Å². The first-order valence-corrected chi connectivity index (χ1v) is 6.38. The summed E-state index contributed by atoms with van der Waals surface area (Å²) in [4.78, 5) is 0. The molecule has 1 fully saturated rings. The molecule has 0 amide bonds. The average Bonchev–Trinajstić information content (AvgIpc) is 2.25. The number of alkyl halides is 6. The van der Waals surface area contributed by atoms with Crippen LogP contribution in [0, 0.1) is 17.8 Å². The van der Waals surface area contributed by atoms with Crippen molar-refractivity contribution in [2.75, 3.05) is 0 Å². The van der Waals surface area contributed by atoms with Crippen LogP contribution in [0.4, 0.5) is 26.3 Å². The molecule has 1 nitrogen and oxygen atoms in total. The summed E-state index contributed by atoms with van der Waals surface area (Å²) < 4.78 is 74.9. The molecule has 0 aliphatic heterocycles. The van der Waals surface area contributed by atoms with Gasteiger partial charge < -0.3 is 5.11 Å². The summed E-state index contributed by atoms with van der Waals surface area (Å²) in [6.45, 7) is 1.94. The van der Waals surface area contributed by atoms with E-state index in [2.05, 4.69) is 0 Å².